The number of phenols is 1. The van der Waals surface area contributed by atoms with Gasteiger partial charge in [0.1, 0.15) is 17.9 Å². The molecule has 7 heteroatoms. The number of halogens is 1. The fraction of sp³-hybridized carbons (Fsp3) is 0.385. The molecule has 0 aromatic heterocycles. The molecular weight excluding hydrogens is 330 g/mol. The Bertz CT molecular complexity index is 524. The standard InChI is InChI=1S/C13H16BrNO5/c1-13(2,3)20-12(19)15(7-11(17)18)8-4-5-10(16)9(14)6-8/h4-6,16H,7H2,1-3H3,(H,17,18). The van der Waals surface area contributed by atoms with Crippen molar-refractivity contribution in [1.29, 1.82) is 0 Å². The first kappa shape index (κ1) is 16.3. The molecule has 0 spiro atoms. The Hall–Kier alpha value is -1.76. The molecule has 1 aromatic carbocycles. The fourth-order valence-corrected chi connectivity index (χ4v) is 1.74. The van der Waals surface area contributed by atoms with E-state index < -0.39 is 24.2 Å². The van der Waals surface area contributed by atoms with E-state index in [0.29, 0.717) is 10.2 Å². The maximum atomic E-state index is 12.1. The molecule has 110 valence electrons. The summed E-state index contributed by atoms with van der Waals surface area (Å²) in [5, 5.41) is 18.3. The largest absolute Gasteiger partial charge is 0.507 e. The van der Waals surface area contributed by atoms with Crippen LogP contribution in [-0.4, -0.2) is 34.4 Å². The third kappa shape index (κ3) is 4.73. The first-order valence-electron chi connectivity index (χ1n) is 5.81. The Kier molecular flexibility index (Phi) is 4.99. The van der Waals surface area contributed by atoms with Gasteiger partial charge in [-0.25, -0.2) is 4.79 Å². The molecule has 0 atom stereocenters. The zero-order chi connectivity index (χ0) is 15.5. The summed E-state index contributed by atoms with van der Waals surface area (Å²) in [5.74, 6) is -1.17. The third-order valence-corrected chi connectivity index (χ3v) is 2.79. The maximum Gasteiger partial charge on any atom is 0.415 e. The van der Waals surface area contributed by atoms with Crippen LogP contribution in [-0.2, 0) is 9.53 Å². The van der Waals surface area contributed by atoms with E-state index in [0.717, 1.165) is 4.90 Å². The first-order chi connectivity index (χ1) is 9.10. The van der Waals surface area contributed by atoms with Gasteiger partial charge in [-0.2, -0.15) is 0 Å². The molecule has 1 rings (SSSR count). The van der Waals surface area contributed by atoms with Gasteiger partial charge in [-0.1, -0.05) is 0 Å². The lowest BCUT2D eigenvalue weighted by Crippen LogP contribution is -2.40. The normalized spacial score (nSPS) is 11.0. The highest BCUT2D eigenvalue weighted by Gasteiger charge is 2.25. The van der Waals surface area contributed by atoms with Crippen LogP contribution >= 0.6 is 15.9 Å². The number of nitrogens with zero attached hydrogens (tertiary/aromatic N) is 1. The topological polar surface area (TPSA) is 87.1 Å². The van der Waals surface area contributed by atoms with Gasteiger partial charge in [0.15, 0.2) is 0 Å². The zero-order valence-electron chi connectivity index (χ0n) is 11.4. The van der Waals surface area contributed by atoms with Crippen molar-refractivity contribution in [3.63, 3.8) is 0 Å². The molecule has 0 saturated carbocycles. The van der Waals surface area contributed by atoms with Crippen LogP contribution < -0.4 is 4.90 Å². The second-order valence-corrected chi connectivity index (χ2v) is 5.95. The lowest BCUT2D eigenvalue weighted by Gasteiger charge is -2.26. The number of benzene rings is 1. The number of phenolic OH excluding ortho intramolecular Hbond substituents is 1. The van der Waals surface area contributed by atoms with Crippen molar-refractivity contribution in [1.82, 2.24) is 0 Å². The number of hydrogen-bond donors (Lipinski definition) is 2. The first-order valence-corrected chi connectivity index (χ1v) is 6.60. The summed E-state index contributed by atoms with van der Waals surface area (Å²) in [6, 6.07) is 4.24. The van der Waals surface area contributed by atoms with Crippen molar-refractivity contribution in [2.45, 2.75) is 26.4 Å². The van der Waals surface area contributed by atoms with Crippen LogP contribution in [0.4, 0.5) is 10.5 Å². The van der Waals surface area contributed by atoms with Crippen LogP contribution in [0.5, 0.6) is 5.75 Å². The highest BCUT2D eigenvalue weighted by Crippen LogP contribution is 2.29. The van der Waals surface area contributed by atoms with Gasteiger partial charge in [0.25, 0.3) is 0 Å². The number of ether oxygens (including phenoxy) is 1. The number of hydrogen-bond acceptors (Lipinski definition) is 4. The summed E-state index contributed by atoms with van der Waals surface area (Å²) in [6.45, 7) is 4.54. The molecule has 6 nitrogen and oxygen atoms in total. The predicted molar refractivity (Wildman–Crippen MR) is 77.0 cm³/mol. The van der Waals surface area contributed by atoms with Gasteiger partial charge in [0, 0.05) is 5.69 Å². The van der Waals surface area contributed by atoms with Gasteiger partial charge in [-0.15, -0.1) is 0 Å². The van der Waals surface area contributed by atoms with E-state index in [4.69, 9.17) is 9.84 Å². The summed E-state index contributed by atoms with van der Waals surface area (Å²) in [6.07, 6.45) is -0.766. The van der Waals surface area contributed by atoms with E-state index in [1.165, 1.54) is 18.2 Å². The molecule has 2 N–H and O–H groups in total. The SMILES string of the molecule is CC(C)(C)OC(=O)N(CC(=O)O)c1ccc(O)c(Br)c1. The van der Waals surface area contributed by atoms with Crippen molar-refractivity contribution < 1.29 is 24.5 Å². The number of carbonyl (C=O) groups excluding carboxylic acids is 1. The summed E-state index contributed by atoms with van der Waals surface area (Å²) < 4.78 is 5.53. The number of anilines is 1. The molecule has 1 amide bonds. The van der Waals surface area contributed by atoms with Crippen molar-refractivity contribution >= 4 is 33.7 Å². The smallest absolute Gasteiger partial charge is 0.415 e. The fourth-order valence-electron chi connectivity index (χ4n) is 1.38. The average Bonchev–Trinajstić information content (AvgIpc) is 2.27. The van der Waals surface area contributed by atoms with Crippen molar-refractivity contribution in [2.24, 2.45) is 0 Å². The third-order valence-electron chi connectivity index (χ3n) is 2.15. The highest BCUT2D eigenvalue weighted by atomic mass is 79.9. The van der Waals surface area contributed by atoms with Crippen LogP contribution in [0.3, 0.4) is 0 Å². The molecule has 0 aliphatic heterocycles. The molecule has 0 fully saturated rings. The van der Waals surface area contributed by atoms with Gasteiger partial charge in [0.05, 0.1) is 4.47 Å². The van der Waals surface area contributed by atoms with E-state index in [1.807, 2.05) is 0 Å². The number of aromatic hydroxyl groups is 1. The molecular formula is C13H16BrNO5. The molecule has 20 heavy (non-hydrogen) atoms. The molecule has 0 unspecified atom stereocenters. The number of amides is 1. The van der Waals surface area contributed by atoms with Crippen molar-refractivity contribution in [2.75, 3.05) is 11.4 Å². The van der Waals surface area contributed by atoms with E-state index in [9.17, 15) is 14.7 Å². The molecule has 0 bridgehead atoms. The minimum atomic E-state index is -1.17. The summed E-state index contributed by atoms with van der Waals surface area (Å²) >= 11 is 3.11. The molecule has 0 aliphatic carbocycles. The Labute approximate surface area is 125 Å². The second kappa shape index (κ2) is 6.13. The van der Waals surface area contributed by atoms with Crippen LogP contribution in [0, 0.1) is 0 Å². The minimum Gasteiger partial charge on any atom is -0.507 e. The predicted octanol–water partition coefficient (Wildman–Crippen LogP) is 2.98. The van der Waals surface area contributed by atoms with Gasteiger partial charge < -0.3 is 14.9 Å². The number of carbonyl (C=O) groups is 2. The molecule has 0 heterocycles. The van der Waals surface area contributed by atoms with Crippen LogP contribution in [0.1, 0.15) is 20.8 Å². The Morgan fingerprint density at radius 2 is 1.95 bits per heavy atom. The maximum absolute atomic E-state index is 12.1. The lowest BCUT2D eigenvalue weighted by molar-refractivity contribution is -0.135. The molecule has 0 radical (unpaired) electrons. The van der Waals surface area contributed by atoms with E-state index in [1.54, 1.807) is 20.8 Å². The summed E-state index contributed by atoms with van der Waals surface area (Å²) in [4.78, 5) is 23.9. The Morgan fingerprint density at radius 3 is 2.40 bits per heavy atom. The summed E-state index contributed by atoms with van der Waals surface area (Å²) in [7, 11) is 0. The van der Waals surface area contributed by atoms with Gasteiger partial charge in [-0.05, 0) is 54.9 Å². The number of rotatable bonds is 3. The minimum absolute atomic E-state index is 0.00628. The van der Waals surface area contributed by atoms with Gasteiger partial charge >= 0.3 is 12.1 Å². The zero-order valence-corrected chi connectivity index (χ0v) is 13.0. The van der Waals surface area contributed by atoms with Crippen LogP contribution in [0.25, 0.3) is 0 Å². The van der Waals surface area contributed by atoms with Crippen molar-refractivity contribution in [3.8, 4) is 5.75 Å². The van der Waals surface area contributed by atoms with Gasteiger partial charge in [0.2, 0.25) is 0 Å². The molecule has 1 aromatic rings. The average molecular weight is 346 g/mol. The number of carboxylic acids is 1. The Morgan fingerprint density at radius 1 is 1.35 bits per heavy atom. The molecule has 0 aliphatic rings. The van der Waals surface area contributed by atoms with E-state index in [2.05, 4.69) is 15.9 Å². The molecule has 0 saturated heterocycles. The lowest BCUT2D eigenvalue weighted by atomic mass is 10.2. The monoisotopic (exact) mass is 345 g/mol. The Balaban J connectivity index is 3.08. The quantitative estimate of drug-likeness (QED) is 0.879. The van der Waals surface area contributed by atoms with Crippen molar-refractivity contribution in [3.05, 3.63) is 22.7 Å². The van der Waals surface area contributed by atoms with Gasteiger partial charge in [-0.3, -0.25) is 9.69 Å². The second-order valence-electron chi connectivity index (χ2n) is 5.10. The summed E-state index contributed by atoms with van der Waals surface area (Å²) in [5.41, 5.74) is -0.423. The van der Waals surface area contributed by atoms with Crippen LogP contribution in [0.2, 0.25) is 0 Å². The van der Waals surface area contributed by atoms with E-state index >= 15 is 0 Å². The number of carboxylic acid groups (broad SMARTS) is 1. The highest BCUT2D eigenvalue weighted by molar-refractivity contribution is 9.10. The van der Waals surface area contributed by atoms with Crippen LogP contribution in [0.15, 0.2) is 22.7 Å². The number of aliphatic carboxylic acids is 1. The van der Waals surface area contributed by atoms with E-state index in [-0.39, 0.29) is 5.75 Å².